The largest absolute Gasteiger partial charge is 0.469 e. The van der Waals surface area contributed by atoms with Crippen LogP contribution in [0, 0.1) is 0 Å². The molecule has 2 N–H and O–H groups in total. The molecule has 0 saturated carbocycles. The third-order valence-electron chi connectivity index (χ3n) is 7.08. The highest BCUT2D eigenvalue weighted by atomic mass is 31.2. The first-order valence-corrected chi connectivity index (χ1v) is 19.0. The Kier molecular flexibility index (Phi) is 30.6. The van der Waals surface area contributed by atoms with Crippen LogP contribution < -0.4 is 0 Å². The Morgan fingerprint density at radius 2 is 1.04 bits per heavy atom. The molecule has 0 heterocycles. The van der Waals surface area contributed by atoms with Crippen LogP contribution in [0.1, 0.15) is 149 Å². The normalized spacial score (nSPS) is 13.1. The van der Waals surface area contributed by atoms with E-state index in [4.69, 9.17) is 19.3 Å². The molecular formula is C36H63O8P. The van der Waals surface area contributed by atoms with Crippen LogP contribution in [0.15, 0.2) is 48.6 Å². The maximum Gasteiger partial charge on any atom is 0.469 e. The van der Waals surface area contributed by atoms with Gasteiger partial charge in [-0.1, -0.05) is 133 Å². The zero-order valence-electron chi connectivity index (χ0n) is 28.3. The van der Waals surface area contributed by atoms with Gasteiger partial charge < -0.3 is 19.3 Å². The van der Waals surface area contributed by atoms with Gasteiger partial charge in [0.15, 0.2) is 6.10 Å². The predicted octanol–water partition coefficient (Wildman–Crippen LogP) is 10.0. The van der Waals surface area contributed by atoms with Crippen LogP contribution in [0.2, 0.25) is 0 Å². The molecule has 0 aliphatic rings. The molecule has 0 amide bonds. The van der Waals surface area contributed by atoms with Crippen molar-refractivity contribution in [3.05, 3.63) is 48.6 Å². The molecule has 0 unspecified atom stereocenters. The molecule has 9 heteroatoms. The predicted molar refractivity (Wildman–Crippen MR) is 184 cm³/mol. The lowest BCUT2D eigenvalue weighted by atomic mass is 10.1. The first kappa shape index (κ1) is 43.0. The van der Waals surface area contributed by atoms with E-state index >= 15 is 0 Å². The minimum atomic E-state index is -4.75. The number of phosphoric ester groups is 1. The average Bonchev–Trinajstić information content (AvgIpc) is 3.00. The summed E-state index contributed by atoms with van der Waals surface area (Å²) in [7, 11) is -4.75. The molecule has 0 aromatic rings. The van der Waals surface area contributed by atoms with Gasteiger partial charge in [0.25, 0.3) is 0 Å². The molecule has 0 aliphatic heterocycles. The number of allylic oxidation sites excluding steroid dienone is 8. The van der Waals surface area contributed by atoms with Crippen molar-refractivity contribution in [1.82, 2.24) is 0 Å². The topological polar surface area (TPSA) is 119 Å². The standard InChI is InChI=1S/C36H63O8P/c1-3-5-7-9-11-13-15-16-17-18-19-20-21-23-24-26-28-30-35(37)42-32-34(33-43-45(39,40)41)44-36(38)31-29-27-25-22-14-12-10-8-6-4-2/h7,9,13,15,17-18,20-21,34H,3-6,8,10-12,14,16,19,22-33H2,1-2H3,(H2,39,40,41)/b9-7+,15-13+,18-17+,21-20+/t34-/m1/s1. The van der Waals surface area contributed by atoms with Crippen molar-refractivity contribution in [2.24, 2.45) is 0 Å². The monoisotopic (exact) mass is 654 g/mol. The van der Waals surface area contributed by atoms with Gasteiger partial charge in [0.1, 0.15) is 6.61 Å². The average molecular weight is 655 g/mol. The Labute approximate surface area is 274 Å². The van der Waals surface area contributed by atoms with E-state index in [0.29, 0.717) is 12.8 Å². The van der Waals surface area contributed by atoms with Crippen LogP contribution in [0.25, 0.3) is 0 Å². The molecule has 8 nitrogen and oxygen atoms in total. The molecule has 0 fully saturated rings. The van der Waals surface area contributed by atoms with Gasteiger partial charge in [-0.3, -0.25) is 14.1 Å². The second-order valence-electron chi connectivity index (χ2n) is 11.5. The maximum atomic E-state index is 12.3. The minimum absolute atomic E-state index is 0.205. The number of hydrogen-bond acceptors (Lipinski definition) is 6. The second-order valence-corrected chi connectivity index (χ2v) is 12.7. The molecule has 0 spiro atoms. The number of hydrogen-bond donors (Lipinski definition) is 2. The van der Waals surface area contributed by atoms with Crippen molar-refractivity contribution >= 4 is 19.8 Å². The van der Waals surface area contributed by atoms with Crippen LogP contribution in [0.5, 0.6) is 0 Å². The first-order valence-electron chi connectivity index (χ1n) is 17.4. The van der Waals surface area contributed by atoms with E-state index in [1.165, 1.54) is 44.9 Å². The fourth-order valence-electron chi connectivity index (χ4n) is 4.48. The van der Waals surface area contributed by atoms with Gasteiger partial charge in [-0.15, -0.1) is 0 Å². The van der Waals surface area contributed by atoms with Crippen molar-refractivity contribution in [3.8, 4) is 0 Å². The van der Waals surface area contributed by atoms with E-state index in [-0.39, 0.29) is 19.4 Å². The fourth-order valence-corrected chi connectivity index (χ4v) is 4.84. The van der Waals surface area contributed by atoms with Crippen molar-refractivity contribution < 1.29 is 37.9 Å². The molecule has 45 heavy (non-hydrogen) atoms. The van der Waals surface area contributed by atoms with Crippen LogP contribution in [0.3, 0.4) is 0 Å². The summed E-state index contributed by atoms with van der Waals surface area (Å²) < 4.78 is 26.2. The zero-order valence-corrected chi connectivity index (χ0v) is 29.1. The van der Waals surface area contributed by atoms with E-state index in [9.17, 15) is 14.2 Å². The van der Waals surface area contributed by atoms with Crippen molar-refractivity contribution in [1.29, 1.82) is 0 Å². The molecule has 0 radical (unpaired) electrons. The Morgan fingerprint density at radius 1 is 0.578 bits per heavy atom. The summed E-state index contributed by atoms with van der Waals surface area (Å²) in [6, 6.07) is 0. The highest BCUT2D eigenvalue weighted by molar-refractivity contribution is 7.46. The third-order valence-corrected chi connectivity index (χ3v) is 7.57. The zero-order chi connectivity index (χ0) is 33.3. The van der Waals surface area contributed by atoms with Gasteiger partial charge in [-0.05, 0) is 51.4 Å². The Balaban J connectivity index is 4.06. The number of esters is 2. The molecule has 0 aromatic carbocycles. The van der Waals surface area contributed by atoms with E-state index in [1.54, 1.807) is 0 Å². The molecule has 260 valence electrons. The van der Waals surface area contributed by atoms with Crippen molar-refractivity contribution in [3.63, 3.8) is 0 Å². The summed E-state index contributed by atoms with van der Waals surface area (Å²) in [6.45, 7) is 3.54. The maximum absolute atomic E-state index is 12.3. The lowest BCUT2D eigenvalue weighted by Gasteiger charge is -2.18. The fraction of sp³-hybridized carbons (Fsp3) is 0.722. The Bertz CT molecular complexity index is 874. The minimum Gasteiger partial charge on any atom is -0.462 e. The third kappa shape index (κ3) is 34.7. The van der Waals surface area contributed by atoms with Gasteiger partial charge in [0.05, 0.1) is 6.61 Å². The van der Waals surface area contributed by atoms with Gasteiger partial charge >= 0.3 is 19.8 Å². The molecule has 0 aromatic heterocycles. The summed E-state index contributed by atoms with van der Waals surface area (Å²) in [5.74, 6) is -0.926. The van der Waals surface area contributed by atoms with E-state index in [0.717, 1.165) is 64.2 Å². The van der Waals surface area contributed by atoms with Crippen LogP contribution in [0.4, 0.5) is 0 Å². The molecule has 0 aliphatic carbocycles. The van der Waals surface area contributed by atoms with Crippen LogP contribution in [-0.4, -0.2) is 41.0 Å². The summed E-state index contributed by atoms with van der Waals surface area (Å²) in [6.07, 6.45) is 36.9. The van der Waals surface area contributed by atoms with Crippen molar-refractivity contribution in [2.75, 3.05) is 13.2 Å². The number of rotatable bonds is 31. The molecule has 1 atom stereocenters. The summed E-state index contributed by atoms with van der Waals surface area (Å²) in [5, 5.41) is 0. The van der Waals surface area contributed by atoms with Gasteiger partial charge in [0, 0.05) is 12.8 Å². The van der Waals surface area contributed by atoms with Crippen LogP contribution >= 0.6 is 7.82 Å². The van der Waals surface area contributed by atoms with Gasteiger partial charge in [-0.25, -0.2) is 4.57 Å². The lowest BCUT2D eigenvalue weighted by molar-refractivity contribution is -0.161. The number of phosphoric acid groups is 1. The molecule has 0 bridgehead atoms. The number of carbonyl (C=O) groups is 2. The Morgan fingerprint density at radius 3 is 1.58 bits per heavy atom. The first-order chi connectivity index (χ1) is 21.8. The molecular weight excluding hydrogens is 591 g/mol. The second kappa shape index (κ2) is 32.0. The highest BCUT2D eigenvalue weighted by Gasteiger charge is 2.22. The number of unbranched alkanes of at least 4 members (excludes halogenated alkanes) is 13. The summed E-state index contributed by atoms with van der Waals surface area (Å²) >= 11 is 0. The van der Waals surface area contributed by atoms with Crippen LogP contribution in [-0.2, 0) is 28.2 Å². The lowest BCUT2D eigenvalue weighted by Crippen LogP contribution is -2.29. The van der Waals surface area contributed by atoms with E-state index in [2.05, 4.69) is 67.0 Å². The van der Waals surface area contributed by atoms with E-state index < -0.39 is 32.5 Å². The van der Waals surface area contributed by atoms with Gasteiger partial charge in [0.2, 0.25) is 0 Å². The Hall–Kier alpha value is -1.99. The molecule has 0 rings (SSSR count). The number of carbonyl (C=O) groups excluding carboxylic acids is 2. The molecule has 0 saturated heterocycles. The van der Waals surface area contributed by atoms with Gasteiger partial charge in [-0.2, -0.15) is 0 Å². The SMILES string of the molecule is CCC/C=C/C/C=C/C/C=C/C/C=C/CCCCCC(=O)OC[C@H](COP(=O)(O)O)OC(=O)CCCCCCCCCCCC. The quantitative estimate of drug-likeness (QED) is 0.0328. The smallest absolute Gasteiger partial charge is 0.462 e. The summed E-state index contributed by atoms with van der Waals surface area (Å²) in [5.41, 5.74) is 0. The van der Waals surface area contributed by atoms with Crippen molar-refractivity contribution in [2.45, 2.75) is 155 Å². The van der Waals surface area contributed by atoms with E-state index in [1.807, 2.05) is 0 Å². The highest BCUT2D eigenvalue weighted by Crippen LogP contribution is 2.35. The number of ether oxygens (including phenoxy) is 2. The summed E-state index contributed by atoms with van der Waals surface area (Å²) in [4.78, 5) is 42.5.